The number of alkyl halides is 1. The molecule has 5 nitrogen and oxygen atoms in total. The second kappa shape index (κ2) is 7.07. The molecule has 0 radical (unpaired) electrons. The molecule has 1 aliphatic heterocycles. The molecule has 0 aromatic heterocycles. The van der Waals surface area contributed by atoms with Gasteiger partial charge in [0.2, 0.25) is 5.91 Å². The number of rotatable bonds is 4. The van der Waals surface area contributed by atoms with E-state index in [-0.39, 0.29) is 23.9 Å². The molecular formula is C16H27ClN2O3. The van der Waals surface area contributed by atoms with Crippen molar-refractivity contribution >= 4 is 23.6 Å². The molecule has 1 saturated heterocycles. The summed E-state index contributed by atoms with van der Waals surface area (Å²) in [6, 6.07) is 0.352. The number of nitrogens with zero attached hydrogens (tertiary/aromatic N) is 2. The van der Waals surface area contributed by atoms with Crippen LogP contribution in [-0.2, 0) is 9.53 Å². The van der Waals surface area contributed by atoms with Gasteiger partial charge < -0.3 is 14.5 Å². The van der Waals surface area contributed by atoms with Crippen molar-refractivity contribution in [2.45, 2.75) is 70.6 Å². The highest BCUT2D eigenvalue weighted by Crippen LogP contribution is 2.29. The molecule has 0 N–H and O–H groups in total. The largest absolute Gasteiger partial charge is 0.444 e. The van der Waals surface area contributed by atoms with Gasteiger partial charge in [-0.25, -0.2) is 4.79 Å². The number of amides is 2. The van der Waals surface area contributed by atoms with E-state index in [2.05, 4.69) is 0 Å². The maximum atomic E-state index is 12.4. The van der Waals surface area contributed by atoms with Crippen LogP contribution in [0.4, 0.5) is 4.79 Å². The molecule has 1 aliphatic carbocycles. The Morgan fingerprint density at radius 3 is 2.45 bits per heavy atom. The third-order valence-corrected chi connectivity index (χ3v) is 4.31. The van der Waals surface area contributed by atoms with Crippen LogP contribution in [0.5, 0.6) is 0 Å². The number of likely N-dealkylation sites (tertiary alicyclic amines) is 1. The van der Waals surface area contributed by atoms with E-state index < -0.39 is 5.60 Å². The molecular weight excluding hydrogens is 304 g/mol. The Bertz CT molecular complexity index is 418. The SMILES string of the molecule is CC(C)(C)OC(=O)N1CCCCC1CN(C(=O)CCl)C1CC1. The molecule has 0 aromatic carbocycles. The minimum Gasteiger partial charge on any atom is -0.444 e. The third-order valence-electron chi connectivity index (χ3n) is 4.08. The zero-order valence-electron chi connectivity index (χ0n) is 13.8. The van der Waals surface area contributed by atoms with Crippen LogP contribution in [0.2, 0.25) is 0 Å². The number of carbonyl (C=O) groups is 2. The van der Waals surface area contributed by atoms with Crippen molar-refractivity contribution in [2.24, 2.45) is 0 Å². The number of hydrogen-bond acceptors (Lipinski definition) is 3. The normalized spacial score (nSPS) is 22.4. The van der Waals surface area contributed by atoms with Gasteiger partial charge in [0.15, 0.2) is 0 Å². The molecule has 2 rings (SSSR count). The van der Waals surface area contributed by atoms with Gasteiger partial charge in [-0.15, -0.1) is 11.6 Å². The maximum Gasteiger partial charge on any atom is 0.410 e. The number of halogens is 1. The zero-order chi connectivity index (χ0) is 16.3. The van der Waals surface area contributed by atoms with Gasteiger partial charge in [0, 0.05) is 19.1 Å². The summed E-state index contributed by atoms with van der Waals surface area (Å²) < 4.78 is 5.51. The van der Waals surface area contributed by atoms with Crippen molar-refractivity contribution in [2.75, 3.05) is 19.0 Å². The van der Waals surface area contributed by atoms with Crippen LogP contribution in [0.1, 0.15) is 52.9 Å². The maximum absolute atomic E-state index is 12.4. The summed E-state index contributed by atoms with van der Waals surface area (Å²) in [6.07, 6.45) is 4.80. The Morgan fingerprint density at radius 2 is 1.91 bits per heavy atom. The van der Waals surface area contributed by atoms with Gasteiger partial charge >= 0.3 is 6.09 Å². The molecule has 1 saturated carbocycles. The van der Waals surface area contributed by atoms with Gasteiger partial charge in [0.05, 0.1) is 6.04 Å². The first kappa shape index (κ1) is 17.4. The van der Waals surface area contributed by atoms with E-state index in [1.165, 1.54) is 0 Å². The molecule has 2 amide bonds. The molecule has 6 heteroatoms. The van der Waals surface area contributed by atoms with Crippen LogP contribution in [0.15, 0.2) is 0 Å². The smallest absolute Gasteiger partial charge is 0.410 e. The lowest BCUT2D eigenvalue weighted by molar-refractivity contribution is -0.130. The summed E-state index contributed by atoms with van der Waals surface area (Å²) in [4.78, 5) is 28.1. The zero-order valence-corrected chi connectivity index (χ0v) is 14.6. The molecule has 1 atom stereocenters. The van der Waals surface area contributed by atoms with Gasteiger partial charge in [-0.3, -0.25) is 4.79 Å². The van der Waals surface area contributed by atoms with Crippen molar-refractivity contribution < 1.29 is 14.3 Å². The minimum atomic E-state index is -0.499. The third kappa shape index (κ3) is 4.77. The Balaban J connectivity index is 2.02. The predicted octanol–water partition coefficient (Wildman–Crippen LogP) is 3.01. The molecule has 126 valence electrons. The summed E-state index contributed by atoms with van der Waals surface area (Å²) in [6.45, 7) is 6.90. The summed E-state index contributed by atoms with van der Waals surface area (Å²) in [5.41, 5.74) is -0.499. The first-order chi connectivity index (χ1) is 10.3. The molecule has 1 unspecified atom stereocenters. The topological polar surface area (TPSA) is 49.9 Å². The van der Waals surface area contributed by atoms with E-state index in [1.54, 1.807) is 4.90 Å². The first-order valence-corrected chi connectivity index (χ1v) is 8.70. The van der Waals surface area contributed by atoms with Gasteiger partial charge in [-0.1, -0.05) is 0 Å². The van der Waals surface area contributed by atoms with Gasteiger partial charge in [0.1, 0.15) is 11.5 Å². The average molecular weight is 331 g/mol. The van der Waals surface area contributed by atoms with E-state index in [9.17, 15) is 9.59 Å². The second-order valence-electron chi connectivity index (χ2n) is 7.23. The van der Waals surface area contributed by atoms with Gasteiger partial charge in [-0.05, 0) is 52.9 Å². The van der Waals surface area contributed by atoms with Crippen LogP contribution in [0.3, 0.4) is 0 Å². The summed E-state index contributed by atoms with van der Waals surface area (Å²) in [5.74, 6) is -0.0192. The molecule has 1 heterocycles. The van der Waals surface area contributed by atoms with Crippen molar-refractivity contribution in [1.29, 1.82) is 0 Å². The lowest BCUT2D eigenvalue weighted by atomic mass is 10.0. The molecule has 2 fully saturated rings. The second-order valence-corrected chi connectivity index (χ2v) is 7.50. The van der Waals surface area contributed by atoms with Crippen molar-refractivity contribution in [3.63, 3.8) is 0 Å². The van der Waals surface area contributed by atoms with E-state index in [1.807, 2.05) is 25.7 Å². The molecule has 2 aliphatic rings. The average Bonchev–Trinajstić information content (AvgIpc) is 3.27. The fourth-order valence-electron chi connectivity index (χ4n) is 2.90. The minimum absolute atomic E-state index is 0.00958. The quantitative estimate of drug-likeness (QED) is 0.744. The van der Waals surface area contributed by atoms with Crippen molar-refractivity contribution in [1.82, 2.24) is 9.80 Å². The molecule has 0 aromatic rings. The van der Waals surface area contributed by atoms with Crippen molar-refractivity contribution in [3.8, 4) is 0 Å². The highest BCUT2D eigenvalue weighted by atomic mass is 35.5. The molecule has 22 heavy (non-hydrogen) atoms. The number of piperidine rings is 1. The lowest BCUT2D eigenvalue weighted by Crippen LogP contribution is -2.52. The van der Waals surface area contributed by atoms with Gasteiger partial charge in [-0.2, -0.15) is 0 Å². The number of carbonyl (C=O) groups excluding carboxylic acids is 2. The standard InChI is InChI=1S/C16H27ClN2O3/c1-16(2,3)22-15(21)18-9-5-4-6-13(18)11-19(12-7-8-12)14(20)10-17/h12-13H,4-11H2,1-3H3. The van der Waals surface area contributed by atoms with Crippen LogP contribution in [-0.4, -0.2) is 58.5 Å². The Kier molecular flexibility index (Phi) is 5.59. The molecule has 0 spiro atoms. The summed E-state index contributed by atoms with van der Waals surface area (Å²) >= 11 is 5.73. The highest BCUT2D eigenvalue weighted by Gasteiger charge is 2.37. The van der Waals surface area contributed by atoms with Gasteiger partial charge in [0.25, 0.3) is 0 Å². The Labute approximate surface area is 137 Å². The number of hydrogen-bond donors (Lipinski definition) is 0. The number of ether oxygens (including phenoxy) is 1. The summed E-state index contributed by atoms with van der Waals surface area (Å²) in [7, 11) is 0. The fraction of sp³-hybridized carbons (Fsp3) is 0.875. The van der Waals surface area contributed by atoms with E-state index >= 15 is 0 Å². The lowest BCUT2D eigenvalue weighted by Gasteiger charge is -2.39. The predicted molar refractivity (Wildman–Crippen MR) is 86.0 cm³/mol. The Morgan fingerprint density at radius 1 is 1.23 bits per heavy atom. The highest BCUT2D eigenvalue weighted by molar-refractivity contribution is 6.27. The summed E-state index contributed by atoms with van der Waals surface area (Å²) in [5, 5.41) is 0. The monoisotopic (exact) mass is 330 g/mol. The van der Waals surface area contributed by atoms with Crippen LogP contribution >= 0.6 is 11.6 Å². The van der Waals surface area contributed by atoms with Crippen molar-refractivity contribution in [3.05, 3.63) is 0 Å². The first-order valence-electron chi connectivity index (χ1n) is 8.17. The van der Waals surface area contributed by atoms with Crippen LogP contribution in [0.25, 0.3) is 0 Å². The van der Waals surface area contributed by atoms with Crippen LogP contribution < -0.4 is 0 Å². The molecule has 0 bridgehead atoms. The van der Waals surface area contributed by atoms with Crippen LogP contribution in [0, 0.1) is 0 Å². The fourth-order valence-corrected chi connectivity index (χ4v) is 3.05. The van der Waals surface area contributed by atoms with E-state index in [4.69, 9.17) is 16.3 Å². The Hall–Kier alpha value is -0.970. The van der Waals surface area contributed by atoms with E-state index in [0.29, 0.717) is 19.1 Å². The van der Waals surface area contributed by atoms with E-state index in [0.717, 1.165) is 32.1 Å².